The monoisotopic (exact) mass is 454 g/mol. The number of carbonyl (C=O) groups is 2. The highest BCUT2D eigenvalue weighted by atomic mass is 35.5. The third kappa shape index (κ3) is 5.32. The summed E-state index contributed by atoms with van der Waals surface area (Å²) in [4.78, 5) is 30.8. The van der Waals surface area contributed by atoms with Gasteiger partial charge in [0.05, 0.1) is 25.8 Å². The molecule has 0 aliphatic heterocycles. The van der Waals surface area contributed by atoms with Crippen molar-refractivity contribution in [3.8, 4) is 5.75 Å². The van der Waals surface area contributed by atoms with Gasteiger partial charge < -0.3 is 19.4 Å². The highest BCUT2D eigenvalue weighted by Crippen LogP contribution is 2.23. The van der Waals surface area contributed by atoms with Gasteiger partial charge in [-0.05, 0) is 62.2 Å². The molecule has 6 nitrogen and oxygen atoms in total. The van der Waals surface area contributed by atoms with E-state index in [0.717, 1.165) is 28.3 Å². The second-order valence-electron chi connectivity index (χ2n) is 7.47. The molecular weight excluding hydrogens is 428 g/mol. The smallest absolute Gasteiger partial charge is 0.340 e. The van der Waals surface area contributed by atoms with Crippen molar-refractivity contribution in [2.75, 3.05) is 13.7 Å². The van der Waals surface area contributed by atoms with Gasteiger partial charge in [0.2, 0.25) is 0 Å². The summed E-state index contributed by atoms with van der Waals surface area (Å²) in [5.41, 5.74) is 4.25. The van der Waals surface area contributed by atoms with E-state index in [1.54, 1.807) is 43.2 Å². The van der Waals surface area contributed by atoms with Gasteiger partial charge in [-0.3, -0.25) is 4.79 Å². The summed E-state index contributed by atoms with van der Waals surface area (Å²) in [7, 11) is 1.61. The zero-order chi connectivity index (χ0) is 23.3. The molecule has 1 aromatic heterocycles. The van der Waals surface area contributed by atoms with Crippen molar-refractivity contribution in [3.63, 3.8) is 0 Å². The number of benzene rings is 2. The first-order valence-corrected chi connectivity index (χ1v) is 10.7. The molecule has 3 rings (SSSR count). The fourth-order valence-corrected chi connectivity index (χ4v) is 3.82. The van der Waals surface area contributed by atoms with Gasteiger partial charge in [0, 0.05) is 28.5 Å². The van der Waals surface area contributed by atoms with E-state index < -0.39 is 0 Å². The van der Waals surface area contributed by atoms with Crippen molar-refractivity contribution >= 4 is 23.5 Å². The van der Waals surface area contributed by atoms with Crippen LogP contribution >= 0.6 is 11.6 Å². The number of hydrogen-bond donors (Lipinski definition) is 1. The highest BCUT2D eigenvalue weighted by Gasteiger charge is 2.23. The number of esters is 1. The molecule has 0 aliphatic rings. The van der Waals surface area contributed by atoms with Crippen molar-refractivity contribution in [1.29, 1.82) is 0 Å². The molecule has 7 heteroatoms. The SMILES string of the molecule is CCOC(=O)c1c(C)[nH]c(CN(Cc2ccc(OC)cc2)C(=O)c2cccc(Cl)c2)c1C. The van der Waals surface area contributed by atoms with Crippen LogP contribution in [0.4, 0.5) is 0 Å². The number of rotatable bonds is 8. The fraction of sp³-hybridized carbons (Fsp3) is 0.280. The fourth-order valence-electron chi connectivity index (χ4n) is 3.63. The number of aryl methyl sites for hydroxylation is 1. The molecule has 0 spiro atoms. The summed E-state index contributed by atoms with van der Waals surface area (Å²) in [6, 6.07) is 14.5. The predicted octanol–water partition coefficient (Wildman–Crippen LogP) is 5.31. The van der Waals surface area contributed by atoms with E-state index in [-0.39, 0.29) is 11.9 Å². The second kappa shape index (κ2) is 10.4. The average molecular weight is 455 g/mol. The Morgan fingerprint density at radius 3 is 2.41 bits per heavy atom. The average Bonchev–Trinajstić information content (AvgIpc) is 3.06. The van der Waals surface area contributed by atoms with E-state index in [1.165, 1.54) is 0 Å². The molecule has 1 heterocycles. The number of methoxy groups -OCH3 is 1. The molecule has 0 radical (unpaired) electrons. The summed E-state index contributed by atoms with van der Waals surface area (Å²) < 4.78 is 10.4. The summed E-state index contributed by atoms with van der Waals surface area (Å²) in [5, 5.41) is 0.497. The minimum atomic E-state index is -0.368. The van der Waals surface area contributed by atoms with Gasteiger partial charge in [-0.2, -0.15) is 0 Å². The highest BCUT2D eigenvalue weighted by molar-refractivity contribution is 6.30. The van der Waals surface area contributed by atoms with Crippen LogP contribution in [0.5, 0.6) is 5.75 Å². The summed E-state index contributed by atoms with van der Waals surface area (Å²) in [6.07, 6.45) is 0. The lowest BCUT2D eigenvalue weighted by Crippen LogP contribution is -2.30. The molecule has 1 amide bonds. The van der Waals surface area contributed by atoms with Gasteiger partial charge in [0.25, 0.3) is 5.91 Å². The standard InChI is InChI=1S/C25H27ClN2O4/c1-5-32-25(30)23-16(2)22(27-17(23)3)15-28(14-18-9-11-21(31-4)12-10-18)24(29)19-7-6-8-20(26)13-19/h6-13,27H,5,14-15H2,1-4H3. The van der Waals surface area contributed by atoms with E-state index in [1.807, 2.05) is 38.1 Å². The van der Waals surface area contributed by atoms with Crippen LogP contribution in [0, 0.1) is 13.8 Å². The van der Waals surface area contributed by atoms with Gasteiger partial charge >= 0.3 is 5.97 Å². The molecule has 3 aromatic rings. The number of nitrogens with zero attached hydrogens (tertiary/aromatic N) is 1. The normalized spacial score (nSPS) is 10.7. The Morgan fingerprint density at radius 2 is 1.78 bits per heavy atom. The Kier molecular flexibility index (Phi) is 7.59. The minimum absolute atomic E-state index is 0.160. The van der Waals surface area contributed by atoms with Crippen molar-refractivity contribution in [3.05, 3.63) is 87.2 Å². The van der Waals surface area contributed by atoms with Crippen molar-refractivity contribution in [1.82, 2.24) is 9.88 Å². The molecule has 0 saturated heterocycles. The molecular formula is C25H27ClN2O4. The van der Waals surface area contributed by atoms with Crippen LogP contribution in [-0.4, -0.2) is 35.5 Å². The maximum absolute atomic E-state index is 13.4. The van der Waals surface area contributed by atoms with Crippen LogP contribution < -0.4 is 4.74 Å². The third-order valence-electron chi connectivity index (χ3n) is 5.26. The molecule has 2 aromatic carbocycles. The summed E-state index contributed by atoms with van der Waals surface area (Å²) in [5.74, 6) is 0.219. The molecule has 0 atom stereocenters. The Labute approximate surface area is 193 Å². The molecule has 0 bridgehead atoms. The van der Waals surface area contributed by atoms with E-state index in [9.17, 15) is 9.59 Å². The molecule has 0 unspecified atom stereocenters. The first kappa shape index (κ1) is 23.4. The van der Waals surface area contributed by atoms with E-state index in [4.69, 9.17) is 21.1 Å². The summed E-state index contributed by atoms with van der Waals surface area (Å²) >= 11 is 6.12. The van der Waals surface area contributed by atoms with Crippen LogP contribution in [-0.2, 0) is 17.8 Å². The number of hydrogen-bond acceptors (Lipinski definition) is 4. The lowest BCUT2D eigenvalue weighted by Gasteiger charge is -2.23. The number of ether oxygens (including phenoxy) is 2. The van der Waals surface area contributed by atoms with Crippen molar-refractivity contribution in [2.45, 2.75) is 33.9 Å². The van der Waals surface area contributed by atoms with Crippen LogP contribution in [0.3, 0.4) is 0 Å². The Morgan fingerprint density at radius 1 is 1.06 bits per heavy atom. The maximum atomic E-state index is 13.4. The molecule has 0 saturated carbocycles. The van der Waals surface area contributed by atoms with E-state index >= 15 is 0 Å². The Bertz CT molecular complexity index is 1110. The van der Waals surface area contributed by atoms with Crippen LogP contribution in [0.25, 0.3) is 0 Å². The van der Waals surface area contributed by atoms with Crippen molar-refractivity contribution in [2.24, 2.45) is 0 Å². The molecule has 0 fully saturated rings. The largest absolute Gasteiger partial charge is 0.497 e. The first-order chi connectivity index (χ1) is 15.3. The predicted molar refractivity (Wildman–Crippen MR) is 124 cm³/mol. The molecule has 1 N–H and O–H groups in total. The van der Waals surface area contributed by atoms with Gasteiger partial charge in [0.15, 0.2) is 0 Å². The molecule has 168 valence electrons. The molecule has 32 heavy (non-hydrogen) atoms. The minimum Gasteiger partial charge on any atom is -0.497 e. The number of halogens is 1. The number of amides is 1. The topological polar surface area (TPSA) is 71.6 Å². The first-order valence-electron chi connectivity index (χ1n) is 10.4. The van der Waals surface area contributed by atoms with Gasteiger partial charge in [-0.25, -0.2) is 4.79 Å². The number of carbonyl (C=O) groups excluding carboxylic acids is 2. The van der Waals surface area contributed by atoms with Crippen LogP contribution in [0.2, 0.25) is 5.02 Å². The third-order valence-corrected chi connectivity index (χ3v) is 5.50. The zero-order valence-electron chi connectivity index (χ0n) is 18.7. The Balaban J connectivity index is 1.94. The zero-order valence-corrected chi connectivity index (χ0v) is 19.5. The lowest BCUT2D eigenvalue weighted by molar-refractivity contribution is 0.0525. The second-order valence-corrected chi connectivity index (χ2v) is 7.91. The van der Waals surface area contributed by atoms with Crippen molar-refractivity contribution < 1.29 is 19.1 Å². The van der Waals surface area contributed by atoms with Gasteiger partial charge in [-0.15, -0.1) is 0 Å². The number of aromatic nitrogens is 1. The quantitative estimate of drug-likeness (QED) is 0.468. The Hall–Kier alpha value is -3.25. The van der Waals surface area contributed by atoms with E-state index in [2.05, 4.69) is 4.98 Å². The van der Waals surface area contributed by atoms with Gasteiger partial charge in [0.1, 0.15) is 5.75 Å². The number of aromatic amines is 1. The molecule has 0 aliphatic carbocycles. The van der Waals surface area contributed by atoms with Crippen LogP contribution in [0.15, 0.2) is 48.5 Å². The van der Waals surface area contributed by atoms with Gasteiger partial charge in [-0.1, -0.05) is 29.8 Å². The van der Waals surface area contributed by atoms with Crippen LogP contribution in [0.1, 0.15) is 50.2 Å². The van der Waals surface area contributed by atoms with E-state index in [0.29, 0.717) is 35.8 Å². The maximum Gasteiger partial charge on any atom is 0.340 e. The summed E-state index contributed by atoms with van der Waals surface area (Å²) in [6.45, 7) is 6.44. The lowest BCUT2D eigenvalue weighted by atomic mass is 10.1. The number of nitrogens with one attached hydrogen (secondary N) is 1. The number of H-pyrrole nitrogens is 1.